The molecule has 0 saturated carbocycles. The van der Waals surface area contributed by atoms with Gasteiger partial charge in [-0.15, -0.1) is 0 Å². The van der Waals surface area contributed by atoms with Gasteiger partial charge in [-0.25, -0.2) is 4.39 Å². The Balaban J connectivity index is 2.11. The molecule has 0 spiro atoms. The summed E-state index contributed by atoms with van der Waals surface area (Å²) in [6.07, 6.45) is 0. The van der Waals surface area contributed by atoms with Crippen molar-refractivity contribution in [2.24, 2.45) is 0 Å². The molecular weight excluding hydrogens is 323 g/mol. The van der Waals surface area contributed by atoms with Gasteiger partial charge in [0, 0.05) is 18.3 Å². The Kier molecular flexibility index (Phi) is 4.59. The highest BCUT2D eigenvalue weighted by atomic mass is 79.9. The van der Waals surface area contributed by atoms with Crippen LogP contribution in [0.15, 0.2) is 40.9 Å². The summed E-state index contributed by atoms with van der Waals surface area (Å²) < 4.78 is 19.3. The molecule has 102 valence electrons. The second-order valence-corrected chi connectivity index (χ2v) is 4.98. The predicted molar refractivity (Wildman–Crippen MR) is 79.1 cm³/mol. The van der Waals surface area contributed by atoms with E-state index in [-0.39, 0.29) is 5.56 Å². The van der Waals surface area contributed by atoms with Crippen LogP contribution in [0.5, 0.6) is 5.75 Å². The fourth-order valence-electron chi connectivity index (χ4n) is 1.74. The maximum atomic E-state index is 13.2. The fraction of sp³-hybridized carbons (Fsp3) is 0.133. The van der Waals surface area contributed by atoms with Gasteiger partial charge in [0.15, 0.2) is 0 Å². The van der Waals surface area contributed by atoms with Crippen LogP contribution in [0.2, 0.25) is 0 Å². The van der Waals surface area contributed by atoms with E-state index in [1.807, 2.05) is 24.3 Å². The van der Waals surface area contributed by atoms with Gasteiger partial charge in [0.05, 0.1) is 17.1 Å². The maximum Gasteiger partial charge on any atom is 0.140 e. The highest BCUT2D eigenvalue weighted by molar-refractivity contribution is 9.10. The molecule has 0 aromatic heterocycles. The monoisotopic (exact) mass is 334 g/mol. The van der Waals surface area contributed by atoms with E-state index in [9.17, 15) is 4.39 Å². The number of halogens is 2. The lowest BCUT2D eigenvalue weighted by Gasteiger charge is -2.10. The zero-order chi connectivity index (χ0) is 14.5. The summed E-state index contributed by atoms with van der Waals surface area (Å²) >= 11 is 3.38. The molecule has 0 amide bonds. The number of nitrogens with zero attached hydrogens (tertiary/aromatic N) is 1. The molecule has 0 unspecified atom stereocenters. The average Bonchev–Trinajstić information content (AvgIpc) is 2.47. The van der Waals surface area contributed by atoms with Gasteiger partial charge in [-0.2, -0.15) is 5.26 Å². The third-order valence-electron chi connectivity index (χ3n) is 2.80. The van der Waals surface area contributed by atoms with E-state index in [1.54, 1.807) is 19.2 Å². The number of benzene rings is 2. The summed E-state index contributed by atoms with van der Waals surface area (Å²) in [5.74, 6) is 0.230. The van der Waals surface area contributed by atoms with Crippen LogP contribution in [-0.4, -0.2) is 7.11 Å². The van der Waals surface area contributed by atoms with Crippen molar-refractivity contribution in [3.8, 4) is 11.8 Å². The molecule has 2 rings (SSSR count). The summed E-state index contributed by atoms with van der Waals surface area (Å²) in [6.45, 7) is 0.500. The van der Waals surface area contributed by atoms with Crippen LogP contribution in [0.4, 0.5) is 10.1 Å². The lowest BCUT2D eigenvalue weighted by Crippen LogP contribution is -2.00. The molecule has 0 aliphatic carbocycles. The number of hydrogen-bond donors (Lipinski definition) is 1. The molecule has 0 aliphatic rings. The molecule has 0 atom stereocenters. The molecule has 2 aromatic carbocycles. The molecule has 0 saturated heterocycles. The van der Waals surface area contributed by atoms with Gasteiger partial charge in [0.1, 0.15) is 17.6 Å². The Bertz CT molecular complexity index is 667. The van der Waals surface area contributed by atoms with Gasteiger partial charge in [-0.1, -0.05) is 6.07 Å². The van der Waals surface area contributed by atoms with Gasteiger partial charge >= 0.3 is 0 Å². The minimum absolute atomic E-state index is 0.0534. The Morgan fingerprint density at radius 1 is 1.30 bits per heavy atom. The molecule has 1 N–H and O–H groups in total. The average molecular weight is 335 g/mol. The quantitative estimate of drug-likeness (QED) is 0.916. The summed E-state index contributed by atoms with van der Waals surface area (Å²) in [5.41, 5.74) is 1.77. The molecule has 2 aromatic rings. The van der Waals surface area contributed by atoms with Crippen molar-refractivity contribution in [1.82, 2.24) is 0 Å². The van der Waals surface area contributed by atoms with Gasteiger partial charge in [0.2, 0.25) is 0 Å². The lowest BCUT2D eigenvalue weighted by atomic mass is 10.1. The summed E-state index contributed by atoms with van der Waals surface area (Å²) in [6, 6.07) is 12.0. The number of methoxy groups -OCH3 is 1. The van der Waals surface area contributed by atoms with Gasteiger partial charge in [-0.3, -0.25) is 0 Å². The van der Waals surface area contributed by atoms with E-state index in [0.29, 0.717) is 6.54 Å². The van der Waals surface area contributed by atoms with Crippen LogP contribution in [0.3, 0.4) is 0 Å². The normalized spacial score (nSPS) is 9.90. The molecular formula is C15H12BrFN2O. The van der Waals surface area contributed by atoms with E-state index in [0.717, 1.165) is 21.5 Å². The van der Waals surface area contributed by atoms with E-state index in [4.69, 9.17) is 10.00 Å². The molecule has 0 bridgehead atoms. The molecule has 3 nitrogen and oxygen atoms in total. The number of nitriles is 1. The first-order chi connectivity index (χ1) is 9.63. The standard InChI is InChI=1S/C15H12BrFN2O/c1-20-15-7-12(3-4-13(15)16)19-9-10-2-5-14(17)11(6-10)8-18/h2-7,19H,9H2,1H3. The second kappa shape index (κ2) is 6.40. The molecule has 0 fully saturated rings. The molecule has 20 heavy (non-hydrogen) atoms. The second-order valence-electron chi connectivity index (χ2n) is 4.13. The zero-order valence-corrected chi connectivity index (χ0v) is 12.4. The van der Waals surface area contributed by atoms with Gasteiger partial charge in [0.25, 0.3) is 0 Å². The smallest absolute Gasteiger partial charge is 0.140 e. The van der Waals surface area contributed by atoms with E-state index in [2.05, 4.69) is 21.2 Å². The van der Waals surface area contributed by atoms with Crippen LogP contribution in [0.25, 0.3) is 0 Å². The lowest BCUT2D eigenvalue weighted by molar-refractivity contribution is 0.412. The van der Waals surface area contributed by atoms with Crippen molar-refractivity contribution in [3.63, 3.8) is 0 Å². The predicted octanol–water partition coefficient (Wildman–Crippen LogP) is 4.08. The third kappa shape index (κ3) is 3.28. The Morgan fingerprint density at radius 2 is 2.10 bits per heavy atom. The number of anilines is 1. The Labute approximate surface area is 125 Å². The molecule has 0 aliphatic heterocycles. The van der Waals surface area contributed by atoms with Crippen LogP contribution in [-0.2, 0) is 6.54 Å². The number of hydrogen-bond acceptors (Lipinski definition) is 3. The van der Waals surface area contributed by atoms with Crippen molar-refractivity contribution in [2.45, 2.75) is 6.54 Å². The van der Waals surface area contributed by atoms with E-state index >= 15 is 0 Å². The highest BCUT2D eigenvalue weighted by Gasteiger charge is 2.04. The van der Waals surface area contributed by atoms with E-state index < -0.39 is 5.82 Å². The minimum Gasteiger partial charge on any atom is -0.495 e. The topological polar surface area (TPSA) is 45.0 Å². The molecule has 0 heterocycles. The molecule has 0 radical (unpaired) electrons. The fourth-order valence-corrected chi connectivity index (χ4v) is 2.15. The maximum absolute atomic E-state index is 13.2. The Hall–Kier alpha value is -2.06. The number of nitrogens with one attached hydrogen (secondary N) is 1. The van der Waals surface area contributed by atoms with Crippen LogP contribution < -0.4 is 10.1 Å². The summed E-state index contributed by atoms with van der Waals surface area (Å²) in [4.78, 5) is 0. The Morgan fingerprint density at radius 3 is 2.80 bits per heavy atom. The third-order valence-corrected chi connectivity index (χ3v) is 3.45. The minimum atomic E-state index is -0.499. The first-order valence-corrected chi connectivity index (χ1v) is 6.69. The van der Waals surface area contributed by atoms with Crippen molar-refractivity contribution in [3.05, 3.63) is 57.8 Å². The molecule has 5 heteroatoms. The first kappa shape index (κ1) is 14.4. The summed E-state index contributed by atoms with van der Waals surface area (Å²) in [5, 5.41) is 12.0. The summed E-state index contributed by atoms with van der Waals surface area (Å²) in [7, 11) is 1.60. The van der Waals surface area contributed by atoms with Crippen LogP contribution >= 0.6 is 15.9 Å². The largest absolute Gasteiger partial charge is 0.495 e. The number of ether oxygens (including phenoxy) is 1. The highest BCUT2D eigenvalue weighted by Crippen LogP contribution is 2.28. The number of rotatable bonds is 4. The SMILES string of the molecule is COc1cc(NCc2ccc(F)c(C#N)c2)ccc1Br. The first-order valence-electron chi connectivity index (χ1n) is 5.90. The van der Waals surface area contributed by atoms with Crippen molar-refractivity contribution in [1.29, 1.82) is 5.26 Å². The van der Waals surface area contributed by atoms with Crippen LogP contribution in [0.1, 0.15) is 11.1 Å². The van der Waals surface area contributed by atoms with Crippen molar-refractivity contribution in [2.75, 3.05) is 12.4 Å². The van der Waals surface area contributed by atoms with E-state index in [1.165, 1.54) is 6.07 Å². The van der Waals surface area contributed by atoms with Gasteiger partial charge in [-0.05, 0) is 45.8 Å². The van der Waals surface area contributed by atoms with Gasteiger partial charge < -0.3 is 10.1 Å². The zero-order valence-electron chi connectivity index (χ0n) is 10.8. The van der Waals surface area contributed by atoms with Crippen molar-refractivity contribution < 1.29 is 9.13 Å². The van der Waals surface area contributed by atoms with Crippen LogP contribution in [0, 0.1) is 17.1 Å². The van der Waals surface area contributed by atoms with Crippen molar-refractivity contribution >= 4 is 21.6 Å².